The summed E-state index contributed by atoms with van der Waals surface area (Å²) in [4.78, 5) is 11.2. The van der Waals surface area contributed by atoms with Crippen molar-refractivity contribution < 1.29 is 14.4 Å². The maximum atomic E-state index is 11.2. The predicted molar refractivity (Wildman–Crippen MR) is 70.3 cm³/mol. The molecular formula is C13H11N5O3. The van der Waals surface area contributed by atoms with Crippen molar-refractivity contribution in [3.05, 3.63) is 53.8 Å². The molecule has 0 saturated heterocycles. The van der Waals surface area contributed by atoms with E-state index in [1.807, 2.05) is 0 Å². The standard InChI is InChI=1S/C13H11N5O3/c19-13(15-20)10-5-3-9(4-6-10)8-18-12(14-16-17-18)11-2-1-7-21-11/h1-7,20H,8H2,(H,15,19). The third kappa shape index (κ3) is 2.65. The predicted octanol–water partition coefficient (Wildman–Crippen LogP) is 1.10. The van der Waals surface area contributed by atoms with Crippen LogP contribution in [0.15, 0.2) is 47.1 Å². The van der Waals surface area contributed by atoms with Crippen LogP contribution >= 0.6 is 0 Å². The van der Waals surface area contributed by atoms with Crippen LogP contribution in [0.25, 0.3) is 11.6 Å². The average Bonchev–Trinajstić information content (AvgIpc) is 3.18. The third-order valence-corrected chi connectivity index (χ3v) is 2.92. The number of aromatic nitrogens is 4. The van der Waals surface area contributed by atoms with E-state index >= 15 is 0 Å². The van der Waals surface area contributed by atoms with Gasteiger partial charge in [0.05, 0.1) is 12.8 Å². The zero-order valence-corrected chi connectivity index (χ0v) is 10.8. The Labute approximate surface area is 119 Å². The van der Waals surface area contributed by atoms with Crippen LogP contribution in [-0.4, -0.2) is 31.3 Å². The monoisotopic (exact) mass is 285 g/mol. The molecule has 0 unspecified atom stereocenters. The van der Waals surface area contributed by atoms with Crippen LogP contribution in [0.5, 0.6) is 0 Å². The number of benzene rings is 1. The molecule has 3 rings (SSSR count). The molecular weight excluding hydrogens is 274 g/mol. The summed E-state index contributed by atoms with van der Waals surface area (Å²) in [6.45, 7) is 0.435. The normalized spacial score (nSPS) is 10.5. The number of hydrogen-bond donors (Lipinski definition) is 2. The van der Waals surface area contributed by atoms with Crippen LogP contribution in [0.3, 0.4) is 0 Å². The van der Waals surface area contributed by atoms with Gasteiger partial charge < -0.3 is 4.42 Å². The van der Waals surface area contributed by atoms with Crippen molar-refractivity contribution in [1.29, 1.82) is 0 Å². The highest BCUT2D eigenvalue weighted by molar-refractivity contribution is 5.93. The maximum absolute atomic E-state index is 11.2. The summed E-state index contributed by atoms with van der Waals surface area (Å²) in [5.74, 6) is 0.550. The Balaban J connectivity index is 1.82. The molecule has 1 aromatic carbocycles. The smallest absolute Gasteiger partial charge is 0.274 e. The number of rotatable bonds is 4. The first-order valence-electron chi connectivity index (χ1n) is 6.11. The number of amides is 1. The zero-order valence-electron chi connectivity index (χ0n) is 10.8. The van der Waals surface area contributed by atoms with Gasteiger partial charge in [0.1, 0.15) is 0 Å². The summed E-state index contributed by atoms with van der Waals surface area (Å²) in [5, 5.41) is 20.0. The number of hydrogen-bond acceptors (Lipinski definition) is 6. The highest BCUT2D eigenvalue weighted by Crippen LogP contribution is 2.17. The lowest BCUT2D eigenvalue weighted by Gasteiger charge is -2.04. The van der Waals surface area contributed by atoms with Crippen molar-refractivity contribution in [2.45, 2.75) is 6.54 Å². The minimum Gasteiger partial charge on any atom is -0.461 e. The Morgan fingerprint density at radius 2 is 2.10 bits per heavy atom. The molecule has 0 atom stereocenters. The van der Waals surface area contributed by atoms with Gasteiger partial charge in [-0.15, -0.1) is 5.10 Å². The maximum Gasteiger partial charge on any atom is 0.274 e. The van der Waals surface area contributed by atoms with Crippen molar-refractivity contribution in [2.75, 3.05) is 0 Å². The average molecular weight is 285 g/mol. The Morgan fingerprint density at radius 3 is 2.76 bits per heavy atom. The van der Waals surface area contributed by atoms with E-state index in [-0.39, 0.29) is 0 Å². The number of nitrogens with one attached hydrogen (secondary N) is 1. The molecule has 0 saturated carbocycles. The second-order valence-corrected chi connectivity index (χ2v) is 4.28. The molecule has 2 heterocycles. The summed E-state index contributed by atoms with van der Waals surface area (Å²) in [6.07, 6.45) is 1.55. The summed E-state index contributed by atoms with van der Waals surface area (Å²) < 4.78 is 6.87. The fourth-order valence-electron chi connectivity index (χ4n) is 1.89. The van der Waals surface area contributed by atoms with Crippen molar-refractivity contribution in [3.8, 4) is 11.6 Å². The van der Waals surface area contributed by atoms with E-state index in [4.69, 9.17) is 9.62 Å². The Morgan fingerprint density at radius 1 is 1.29 bits per heavy atom. The Kier molecular flexibility index (Phi) is 3.44. The molecule has 0 fully saturated rings. The lowest BCUT2D eigenvalue weighted by Crippen LogP contribution is -2.18. The quantitative estimate of drug-likeness (QED) is 0.549. The second kappa shape index (κ2) is 5.55. The molecule has 3 aromatic rings. The number of carbonyl (C=O) groups excluding carboxylic acids is 1. The van der Waals surface area contributed by atoms with Gasteiger partial charge in [0.15, 0.2) is 5.76 Å². The first-order chi connectivity index (χ1) is 10.3. The number of furan rings is 1. The van der Waals surface area contributed by atoms with E-state index in [0.717, 1.165) is 5.56 Å². The van der Waals surface area contributed by atoms with E-state index in [1.165, 1.54) is 0 Å². The van der Waals surface area contributed by atoms with Crippen LogP contribution in [0.4, 0.5) is 0 Å². The van der Waals surface area contributed by atoms with E-state index in [0.29, 0.717) is 23.7 Å². The number of nitrogens with zero attached hydrogens (tertiary/aromatic N) is 4. The van der Waals surface area contributed by atoms with Crippen molar-refractivity contribution in [1.82, 2.24) is 25.7 Å². The Bertz CT molecular complexity index is 734. The minimum atomic E-state index is -0.555. The first-order valence-corrected chi connectivity index (χ1v) is 6.11. The van der Waals surface area contributed by atoms with Crippen LogP contribution in [-0.2, 0) is 6.54 Å². The molecule has 0 radical (unpaired) electrons. The molecule has 21 heavy (non-hydrogen) atoms. The van der Waals surface area contributed by atoms with Crippen LogP contribution < -0.4 is 5.48 Å². The lowest BCUT2D eigenvalue weighted by atomic mass is 10.1. The molecule has 0 bridgehead atoms. The van der Waals surface area contributed by atoms with Crippen molar-refractivity contribution in [2.24, 2.45) is 0 Å². The molecule has 8 heteroatoms. The van der Waals surface area contributed by atoms with Gasteiger partial charge in [0.2, 0.25) is 5.82 Å². The summed E-state index contributed by atoms with van der Waals surface area (Å²) in [6, 6.07) is 10.3. The highest BCUT2D eigenvalue weighted by atomic mass is 16.5. The van der Waals surface area contributed by atoms with Gasteiger partial charge in [0, 0.05) is 5.56 Å². The fraction of sp³-hybridized carbons (Fsp3) is 0.0769. The number of tetrazole rings is 1. The SMILES string of the molecule is O=C(NO)c1ccc(Cn2nnnc2-c2ccco2)cc1. The second-order valence-electron chi connectivity index (χ2n) is 4.28. The van der Waals surface area contributed by atoms with E-state index in [2.05, 4.69) is 15.5 Å². The number of hydroxylamine groups is 1. The van der Waals surface area contributed by atoms with Crippen molar-refractivity contribution in [3.63, 3.8) is 0 Å². The molecule has 0 aliphatic carbocycles. The molecule has 0 spiro atoms. The Hall–Kier alpha value is -3.00. The summed E-state index contributed by atoms with van der Waals surface area (Å²) >= 11 is 0. The van der Waals surface area contributed by atoms with Crippen LogP contribution in [0.2, 0.25) is 0 Å². The summed E-state index contributed by atoms with van der Waals surface area (Å²) in [7, 11) is 0. The summed E-state index contributed by atoms with van der Waals surface area (Å²) in [5.41, 5.74) is 2.86. The van der Waals surface area contributed by atoms with E-state index in [1.54, 1.807) is 52.8 Å². The molecule has 8 nitrogen and oxygen atoms in total. The highest BCUT2D eigenvalue weighted by Gasteiger charge is 2.12. The van der Waals surface area contributed by atoms with E-state index < -0.39 is 5.91 Å². The van der Waals surface area contributed by atoms with Gasteiger partial charge in [-0.05, 0) is 40.3 Å². The molecule has 106 valence electrons. The first kappa shape index (κ1) is 13.0. The van der Waals surface area contributed by atoms with Gasteiger partial charge >= 0.3 is 0 Å². The van der Waals surface area contributed by atoms with Gasteiger partial charge in [-0.2, -0.15) is 0 Å². The molecule has 0 aliphatic heterocycles. The van der Waals surface area contributed by atoms with E-state index in [9.17, 15) is 4.79 Å². The lowest BCUT2D eigenvalue weighted by molar-refractivity contribution is 0.0706. The molecule has 2 N–H and O–H groups in total. The van der Waals surface area contributed by atoms with Crippen LogP contribution in [0.1, 0.15) is 15.9 Å². The van der Waals surface area contributed by atoms with Crippen molar-refractivity contribution >= 4 is 5.91 Å². The van der Waals surface area contributed by atoms with Gasteiger partial charge in [-0.1, -0.05) is 12.1 Å². The largest absolute Gasteiger partial charge is 0.461 e. The van der Waals surface area contributed by atoms with Crippen LogP contribution in [0, 0.1) is 0 Å². The fourth-order valence-corrected chi connectivity index (χ4v) is 1.89. The van der Waals surface area contributed by atoms with Gasteiger partial charge in [0.25, 0.3) is 5.91 Å². The molecule has 0 aliphatic rings. The van der Waals surface area contributed by atoms with Gasteiger partial charge in [-0.25, -0.2) is 10.2 Å². The third-order valence-electron chi connectivity index (χ3n) is 2.92. The van der Waals surface area contributed by atoms with Gasteiger partial charge in [-0.3, -0.25) is 10.0 Å². The molecule has 2 aromatic heterocycles. The topological polar surface area (TPSA) is 106 Å². The zero-order chi connectivity index (χ0) is 14.7. The minimum absolute atomic E-state index is 0.365. The number of carbonyl (C=O) groups is 1. The molecule has 1 amide bonds.